The van der Waals surface area contributed by atoms with Crippen molar-refractivity contribution < 1.29 is 25.1 Å². The monoisotopic (exact) mass is 228 g/mol. The Morgan fingerprint density at radius 1 is 1.12 bits per heavy atom. The van der Waals surface area contributed by atoms with Crippen LogP contribution in [0.5, 0.6) is 0 Å². The largest absolute Gasteiger partial charge is 0.394 e. The second-order valence-corrected chi connectivity index (χ2v) is 3.36. The lowest BCUT2D eigenvalue weighted by Gasteiger charge is -2.08. The smallest absolute Gasteiger partial charge is 0.110 e. The molecule has 0 aliphatic carbocycles. The van der Waals surface area contributed by atoms with Crippen LogP contribution in [0, 0.1) is 0 Å². The normalized spacial score (nSPS) is 12.7. The van der Waals surface area contributed by atoms with Crippen LogP contribution in [-0.2, 0) is 23.0 Å². The predicted octanol–water partition coefficient (Wildman–Crippen LogP) is -0.0197. The molecule has 0 bridgehead atoms. The topological polar surface area (TPSA) is 79.2 Å². The molecule has 0 amide bonds. The number of hydrogen-bond acceptors (Lipinski definition) is 5. The van der Waals surface area contributed by atoms with Gasteiger partial charge in [-0.3, -0.25) is 0 Å². The maximum atomic E-state index is 8.95. The van der Waals surface area contributed by atoms with E-state index in [4.69, 9.17) is 25.1 Å². The van der Waals surface area contributed by atoms with Gasteiger partial charge in [0.15, 0.2) is 0 Å². The summed E-state index contributed by atoms with van der Waals surface area (Å²) in [5, 5.41) is 26.4. The molecule has 0 spiro atoms. The lowest BCUT2D eigenvalue weighted by molar-refractivity contribution is -0.315. The van der Waals surface area contributed by atoms with Crippen molar-refractivity contribution in [1.82, 2.24) is 0 Å². The van der Waals surface area contributed by atoms with Crippen molar-refractivity contribution in [2.24, 2.45) is 0 Å². The fraction of sp³-hybridized carbons (Fsp3) is 0.455. The van der Waals surface area contributed by atoms with Gasteiger partial charge >= 0.3 is 0 Å². The van der Waals surface area contributed by atoms with Crippen molar-refractivity contribution >= 4 is 0 Å². The molecule has 1 aromatic carbocycles. The van der Waals surface area contributed by atoms with Gasteiger partial charge in [-0.25, -0.2) is 9.78 Å². The van der Waals surface area contributed by atoms with Gasteiger partial charge in [0.1, 0.15) is 19.3 Å². The first-order valence-corrected chi connectivity index (χ1v) is 4.98. The Bertz CT molecular complexity index is 302. The Hall–Kier alpha value is -0.980. The Morgan fingerprint density at radius 3 is 2.56 bits per heavy atom. The quantitative estimate of drug-likeness (QED) is 0.347. The molecule has 1 aromatic rings. The van der Waals surface area contributed by atoms with Crippen LogP contribution >= 0.6 is 0 Å². The van der Waals surface area contributed by atoms with Crippen molar-refractivity contribution in [3.8, 4) is 0 Å². The highest BCUT2D eigenvalue weighted by Gasteiger charge is 2.02. The van der Waals surface area contributed by atoms with E-state index in [1.807, 2.05) is 12.1 Å². The highest BCUT2D eigenvalue weighted by atomic mass is 17.2. The van der Waals surface area contributed by atoms with Gasteiger partial charge in [0.25, 0.3) is 0 Å². The van der Waals surface area contributed by atoms with Gasteiger partial charge in [-0.15, -0.1) is 0 Å². The SMILES string of the molecule is OCc1cccc(COOCC(O)CO)c1. The van der Waals surface area contributed by atoms with Crippen molar-refractivity contribution in [2.75, 3.05) is 13.2 Å². The molecule has 0 aliphatic rings. The Morgan fingerprint density at radius 2 is 1.88 bits per heavy atom. The highest BCUT2D eigenvalue weighted by molar-refractivity contribution is 5.22. The van der Waals surface area contributed by atoms with Crippen LogP contribution in [0.2, 0.25) is 0 Å². The van der Waals surface area contributed by atoms with Crippen LogP contribution in [0.3, 0.4) is 0 Å². The van der Waals surface area contributed by atoms with E-state index >= 15 is 0 Å². The summed E-state index contributed by atoms with van der Waals surface area (Å²) >= 11 is 0. The van der Waals surface area contributed by atoms with E-state index in [1.165, 1.54) is 0 Å². The molecule has 0 radical (unpaired) electrons. The van der Waals surface area contributed by atoms with Crippen LogP contribution in [0.1, 0.15) is 11.1 Å². The predicted molar refractivity (Wildman–Crippen MR) is 56.2 cm³/mol. The molecule has 5 nitrogen and oxygen atoms in total. The Balaban J connectivity index is 2.26. The summed E-state index contributed by atoms with van der Waals surface area (Å²) < 4.78 is 0. The molecule has 0 aromatic heterocycles. The molecule has 16 heavy (non-hydrogen) atoms. The molecular formula is C11H16O5. The lowest BCUT2D eigenvalue weighted by atomic mass is 10.1. The van der Waals surface area contributed by atoms with E-state index in [0.717, 1.165) is 11.1 Å². The number of aliphatic hydroxyl groups is 3. The molecule has 0 aliphatic heterocycles. The first kappa shape index (κ1) is 13.1. The minimum absolute atomic E-state index is 0.0159. The third-order valence-electron chi connectivity index (χ3n) is 1.95. The average Bonchev–Trinajstić information content (AvgIpc) is 2.34. The van der Waals surface area contributed by atoms with Crippen LogP contribution < -0.4 is 0 Å². The van der Waals surface area contributed by atoms with Gasteiger partial charge in [0, 0.05) is 0 Å². The van der Waals surface area contributed by atoms with E-state index < -0.39 is 6.10 Å². The number of rotatable bonds is 7. The maximum absolute atomic E-state index is 8.95. The second-order valence-electron chi connectivity index (χ2n) is 3.36. The van der Waals surface area contributed by atoms with Gasteiger partial charge in [0.2, 0.25) is 0 Å². The molecule has 1 unspecified atom stereocenters. The van der Waals surface area contributed by atoms with Gasteiger partial charge in [-0.2, -0.15) is 0 Å². The molecule has 1 atom stereocenters. The van der Waals surface area contributed by atoms with Crippen molar-refractivity contribution in [1.29, 1.82) is 0 Å². The summed E-state index contributed by atoms with van der Waals surface area (Å²) in [5.74, 6) is 0. The third kappa shape index (κ3) is 4.69. The molecule has 0 heterocycles. The molecular weight excluding hydrogens is 212 g/mol. The van der Waals surface area contributed by atoms with Gasteiger partial charge < -0.3 is 15.3 Å². The zero-order valence-corrected chi connectivity index (χ0v) is 8.87. The van der Waals surface area contributed by atoms with Crippen LogP contribution in [0.25, 0.3) is 0 Å². The fourth-order valence-corrected chi connectivity index (χ4v) is 1.11. The molecule has 5 heteroatoms. The molecule has 0 saturated carbocycles. The van der Waals surface area contributed by atoms with E-state index in [9.17, 15) is 0 Å². The van der Waals surface area contributed by atoms with E-state index in [1.54, 1.807) is 12.1 Å². The standard InChI is InChI=1S/C11H16O5/c12-5-9-2-1-3-10(4-9)7-15-16-8-11(14)6-13/h1-4,11-14H,5-8H2. The molecule has 1 rings (SSSR count). The lowest BCUT2D eigenvalue weighted by Crippen LogP contribution is -2.19. The zero-order valence-electron chi connectivity index (χ0n) is 8.87. The first-order valence-electron chi connectivity index (χ1n) is 4.98. The van der Waals surface area contributed by atoms with Gasteiger partial charge in [-0.05, 0) is 11.1 Å². The molecule has 0 saturated heterocycles. The van der Waals surface area contributed by atoms with Crippen molar-refractivity contribution in [2.45, 2.75) is 19.3 Å². The third-order valence-corrected chi connectivity index (χ3v) is 1.95. The van der Waals surface area contributed by atoms with Crippen molar-refractivity contribution in [3.63, 3.8) is 0 Å². The number of hydrogen-bond donors (Lipinski definition) is 3. The van der Waals surface area contributed by atoms with E-state index in [2.05, 4.69) is 0 Å². The average molecular weight is 228 g/mol. The highest BCUT2D eigenvalue weighted by Crippen LogP contribution is 2.06. The summed E-state index contributed by atoms with van der Waals surface area (Å²) in [6.07, 6.45) is -0.927. The van der Waals surface area contributed by atoms with E-state index in [0.29, 0.717) is 0 Å². The van der Waals surface area contributed by atoms with Crippen molar-refractivity contribution in [3.05, 3.63) is 35.4 Å². The first-order chi connectivity index (χ1) is 7.76. The van der Waals surface area contributed by atoms with Crippen LogP contribution in [0.15, 0.2) is 24.3 Å². The summed E-state index contributed by atoms with van der Waals surface area (Å²) in [4.78, 5) is 9.53. The fourth-order valence-electron chi connectivity index (χ4n) is 1.11. The summed E-state index contributed by atoms with van der Waals surface area (Å²) in [7, 11) is 0. The Labute approximate surface area is 93.8 Å². The minimum Gasteiger partial charge on any atom is -0.394 e. The van der Waals surface area contributed by atoms with Gasteiger partial charge in [0.05, 0.1) is 13.2 Å². The van der Waals surface area contributed by atoms with Crippen LogP contribution in [-0.4, -0.2) is 34.6 Å². The number of aliphatic hydroxyl groups excluding tert-OH is 3. The maximum Gasteiger partial charge on any atom is 0.110 e. The van der Waals surface area contributed by atoms with E-state index in [-0.39, 0.29) is 26.4 Å². The number of benzene rings is 1. The van der Waals surface area contributed by atoms with Crippen LogP contribution in [0.4, 0.5) is 0 Å². The Kier molecular flexibility index (Phi) is 5.99. The summed E-state index contributed by atoms with van der Waals surface area (Å²) in [6, 6.07) is 7.25. The molecule has 0 fully saturated rings. The van der Waals surface area contributed by atoms with Gasteiger partial charge in [-0.1, -0.05) is 24.3 Å². The summed E-state index contributed by atoms with van der Waals surface area (Å²) in [6.45, 7) is -0.219. The zero-order chi connectivity index (χ0) is 11.8. The minimum atomic E-state index is -0.927. The molecule has 3 N–H and O–H groups in total. The summed E-state index contributed by atoms with van der Waals surface area (Å²) in [5.41, 5.74) is 1.67. The molecule has 90 valence electrons. The second kappa shape index (κ2) is 7.32.